The second-order valence-electron chi connectivity index (χ2n) is 3.48. The molecule has 0 saturated carbocycles. The van der Waals surface area contributed by atoms with E-state index in [0.29, 0.717) is 5.88 Å². The van der Waals surface area contributed by atoms with Gasteiger partial charge in [0.2, 0.25) is 0 Å². The Labute approximate surface area is 104 Å². The molecule has 84 valence electrons. The maximum absolute atomic E-state index is 5.79. The number of rotatable bonds is 5. The molecular weight excluding hydrogens is 240 g/mol. The van der Waals surface area contributed by atoms with Crippen LogP contribution in [-0.2, 0) is 19.0 Å². The summed E-state index contributed by atoms with van der Waals surface area (Å²) in [5.74, 6) is 0.570. The standard InChI is InChI=1S/C12H13ClN2S/c13-7-10-2-1-3-11(6-10)8-14-9-12-15-4-5-16-12/h1-6,14H,7-9H2. The van der Waals surface area contributed by atoms with Crippen LogP contribution in [0.15, 0.2) is 35.8 Å². The lowest BCUT2D eigenvalue weighted by Gasteiger charge is -2.04. The molecule has 2 rings (SSSR count). The molecule has 0 spiro atoms. The normalized spacial score (nSPS) is 10.6. The van der Waals surface area contributed by atoms with Gasteiger partial charge in [0.05, 0.1) is 0 Å². The molecule has 0 bridgehead atoms. The van der Waals surface area contributed by atoms with Crippen molar-refractivity contribution in [1.29, 1.82) is 0 Å². The quantitative estimate of drug-likeness (QED) is 0.827. The van der Waals surface area contributed by atoms with E-state index in [0.717, 1.165) is 23.7 Å². The van der Waals surface area contributed by atoms with Crippen LogP contribution in [0.4, 0.5) is 0 Å². The molecule has 1 N–H and O–H groups in total. The molecule has 0 aliphatic carbocycles. The lowest BCUT2D eigenvalue weighted by Crippen LogP contribution is -2.12. The first-order chi connectivity index (χ1) is 7.88. The number of nitrogens with zero attached hydrogens (tertiary/aromatic N) is 1. The average molecular weight is 253 g/mol. The van der Waals surface area contributed by atoms with Gasteiger partial charge < -0.3 is 5.32 Å². The largest absolute Gasteiger partial charge is 0.306 e. The third kappa shape index (κ3) is 3.30. The number of hydrogen-bond donors (Lipinski definition) is 1. The van der Waals surface area contributed by atoms with Crippen LogP contribution in [-0.4, -0.2) is 4.98 Å². The van der Waals surface area contributed by atoms with Crippen molar-refractivity contribution in [3.05, 3.63) is 52.0 Å². The van der Waals surface area contributed by atoms with Crippen molar-refractivity contribution < 1.29 is 0 Å². The number of hydrogen-bond acceptors (Lipinski definition) is 3. The van der Waals surface area contributed by atoms with E-state index in [9.17, 15) is 0 Å². The molecule has 0 fully saturated rings. The Morgan fingerprint density at radius 3 is 2.88 bits per heavy atom. The highest BCUT2D eigenvalue weighted by Crippen LogP contribution is 2.08. The van der Waals surface area contributed by atoms with Crippen molar-refractivity contribution in [2.45, 2.75) is 19.0 Å². The highest BCUT2D eigenvalue weighted by atomic mass is 35.5. The summed E-state index contributed by atoms with van der Waals surface area (Å²) in [7, 11) is 0. The molecule has 2 aromatic rings. The summed E-state index contributed by atoms with van der Waals surface area (Å²) in [4.78, 5) is 4.22. The fourth-order valence-electron chi connectivity index (χ4n) is 1.48. The predicted molar refractivity (Wildman–Crippen MR) is 68.7 cm³/mol. The molecule has 2 nitrogen and oxygen atoms in total. The van der Waals surface area contributed by atoms with Crippen molar-refractivity contribution in [1.82, 2.24) is 10.3 Å². The molecule has 1 aromatic carbocycles. The van der Waals surface area contributed by atoms with E-state index >= 15 is 0 Å². The summed E-state index contributed by atoms with van der Waals surface area (Å²) in [6.07, 6.45) is 1.83. The van der Waals surface area contributed by atoms with Gasteiger partial charge in [-0.1, -0.05) is 24.3 Å². The van der Waals surface area contributed by atoms with Gasteiger partial charge in [0.15, 0.2) is 0 Å². The van der Waals surface area contributed by atoms with E-state index in [-0.39, 0.29) is 0 Å². The number of nitrogens with one attached hydrogen (secondary N) is 1. The summed E-state index contributed by atoms with van der Waals surface area (Å²) in [6.45, 7) is 1.67. The third-order valence-corrected chi connectivity index (χ3v) is 3.32. The summed E-state index contributed by atoms with van der Waals surface area (Å²) in [6, 6.07) is 8.31. The van der Waals surface area contributed by atoms with Gasteiger partial charge in [-0.2, -0.15) is 0 Å². The molecule has 4 heteroatoms. The zero-order valence-corrected chi connectivity index (χ0v) is 10.4. The zero-order chi connectivity index (χ0) is 11.2. The van der Waals surface area contributed by atoms with Crippen LogP contribution >= 0.6 is 22.9 Å². The zero-order valence-electron chi connectivity index (χ0n) is 8.82. The molecule has 1 aromatic heterocycles. The second-order valence-corrected chi connectivity index (χ2v) is 4.73. The Morgan fingerprint density at radius 1 is 1.25 bits per heavy atom. The van der Waals surface area contributed by atoms with Gasteiger partial charge in [-0.15, -0.1) is 22.9 Å². The summed E-state index contributed by atoms with van der Waals surface area (Å²) < 4.78 is 0. The highest BCUT2D eigenvalue weighted by Gasteiger charge is 1.97. The molecule has 0 amide bonds. The summed E-state index contributed by atoms with van der Waals surface area (Å²) >= 11 is 7.46. The maximum Gasteiger partial charge on any atom is 0.106 e. The van der Waals surface area contributed by atoms with Crippen molar-refractivity contribution in [2.24, 2.45) is 0 Å². The fourth-order valence-corrected chi connectivity index (χ4v) is 2.23. The molecule has 16 heavy (non-hydrogen) atoms. The van der Waals surface area contributed by atoms with E-state index in [4.69, 9.17) is 11.6 Å². The predicted octanol–water partition coefficient (Wildman–Crippen LogP) is 3.17. The Hall–Kier alpha value is -0.900. The van der Waals surface area contributed by atoms with Crippen molar-refractivity contribution in [3.8, 4) is 0 Å². The van der Waals surface area contributed by atoms with Crippen molar-refractivity contribution >= 4 is 22.9 Å². The molecule has 0 unspecified atom stereocenters. The van der Waals surface area contributed by atoms with E-state index in [1.807, 2.05) is 23.7 Å². The number of benzene rings is 1. The fraction of sp³-hybridized carbons (Fsp3) is 0.250. The minimum absolute atomic E-state index is 0.570. The van der Waals surface area contributed by atoms with Crippen LogP contribution in [0.2, 0.25) is 0 Å². The SMILES string of the molecule is ClCc1cccc(CNCc2nccs2)c1. The van der Waals surface area contributed by atoms with Gasteiger partial charge in [0, 0.05) is 30.5 Å². The molecule has 0 radical (unpaired) electrons. The van der Waals surface area contributed by atoms with Crippen LogP contribution in [0.25, 0.3) is 0 Å². The molecule has 0 aliphatic heterocycles. The summed E-state index contributed by atoms with van der Waals surface area (Å²) in [5.41, 5.74) is 2.42. The van der Waals surface area contributed by atoms with E-state index in [1.54, 1.807) is 11.3 Å². The Morgan fingerprint density at radius 2 is 2.12 bits per heavy atom. The Bertz CT molecular complexity index is 428. The van der Waals surface area contributed by atoms with Crippen LogP contribution in [0.1, 0.15) is 16.1 Å². The van der Waals surface area contributed by atoms with E-state index in [1.165, 1.54) is 5.56 Å². The van der Waals surface area contributed by atoms with Gasteiger partial charge in [-0.3, -0.25) is 0 Å². The molecular formula is C12H13ClN2S. The first-order valence-corrected chi connectivity index (χ1v) is 6.53. The molecule has 1 heterocycles. The monoisotopic (exact) mass is 252 g/mol. The number of alkyl halides is 1. The maximum atomic E-state index is 5.79. The van der Waals surface area contributed by atoms with Gasteiger partial charge in [-0.05, 0) is 11.1 Å². The Kier molecular flexibility index (Phi) is 4.34. The minimum Gasteiger partial charge on any atom is -0.306 e. The summed E-state index contributed by atoms with van der Waals surface area (Å²) in [5, 5.41) is 6.47. The van der Waals surface area contributed by atoms with Gasteiger partial charge >= 0.3 is 0 Å². The van der Waals surface area contributed by atoms with Crippen LogP contribution in [0.3, 0.4) is 0 Å². The minimum atomic E-state index is 0.570. The topological polar surface area (TPSA) is 24.9 Å². The first kappa shape index (κ1) is 11.6. The lowest BCUT2D eigenvalue weighted by atomic mass is 10.1. The van der Waals surface area contributed by atoms with Crippen LogP contribution in [0.5, 0.6) is 0 Å². The Balaban J connectivity index is 1.85. The first-order valence-electron chi connectivity index (χ1n) is 5.11. The number of aromatic nitrogens is 1. The molecule has 0 atom stereocenters. The second kappa shape index (κ2) is 5.99. The third-order valence-electron chi connectivity index (χ3n) is 2.23. The van der Waals surface area contributed by atoms with Gasteiger partial charge in [-0.25, -0.2) is 4.98 Å². The smallest absolute Gasteiger partial charge is 0.106 e. The molecule has 0 aliphatic rings. The van der Waals surface area contributed by atoms with Crippen molar-refractivity contribution in [3.63, 3.8) is 0 Å². The van der Waals surface area contributed by atoms with E-state index in [2.05, 4.69) is 22.4 Å². The highest BCUT2D eigenvalue weighted by molar-refractivity contribution is 7.09. The number of halogens is 1. The molecule has 0 saturated heterocycles. The average Bonchev–Trinajstić information content (AvgIpc) is 2.82. The van der Waals surface area contributed by atoms with Gasteiger partial charge in [0.1, 0.15) is 5.01 Å². The number of thiazole rings is 1. The lowest BCUT2D eigenvalue weighted by molar-refractivity contribution is 0.689. The van der Waals surface area contributed by atoms with Gasteiger partial charge in [0.25, 0.3) is 0 Å². The van der Waals surface area contributed by atoms with E-state index < -0.39 is 0 Å². The van der Waals surface area contributed by atoms with Crippen molar-refractivity contribution in [2.75, 3.05) is 0 Å². The van der Waals surface area contributed by atoms with Crippen LogP contribution < -0.4 is 5.32 Å². The van der Waals surface area contributed by atoms with Crippen LogP contribution in [0, 0.1) is 0 Å².